The van der Waals surface area contributed by atoms with E-state index in [-0.39, 0.29) is 30.1 Å². The number of fused-ring (bicyclic) bond motifs is 1. The van der Waals surface area contributed by atoms with Crippen LogP contribution in [-0.4, -0.2) is 53.3 Å². The molecule has 7 heteroatoms. The molecule has 2 saturated heterocycles. The highest BCUT2D eigenvalue weighted by molar-refractivity contribution is 5.93. The van der Waals surface area contributed by atoms with E-state index in [2.05, 4.69) is 5.16 Å². The average Bonchev–Trinajstić information content (AvgIpc) is 3.11. The van der Waals surface area contributed by atoms with Gasteiger partial charge in [0.1, 0.15) is 5.76 Å². The lowest BCUT2D eigenvalue weighted by Gasteiger charge is -2.41. The quantitative estimate of drug-likeness (QED) is 0.766. The number of esters is 1. The van der Waals surface area contributed by atoms with E-state index in [9.17, 15) is 9.59 Å². The molecule has 3 heterocycles. The number of carbonyl (C=O) groups is 2. The van der Waals surface area contributed by atoms with Crippen molar-refractivity contribution in [1.82, 2.24) is 10.1 Å². The normalized spacial score (nSPS) is 31.0. The molecule has 0 aliphatic carbocycles. The van der Waals surface area contributed by atoms with Crippen molar-refractivity contribution in [1.29, 1.82) is 0 Å². The molecule has 1 aromatic rings. The summed E-state index contributed by atoms with van der Waals surface area (Å²) in [5.41, 5.74) is 0.298. The van der Waals surface area contributed by atoms with E-state index in [1.807, 2.05) is 6.92 Å². The van der Waals surface area contributed by atoms with Gasteiger partial charge in [0.25, 0.3) is 5.91 Å². The highest BCUT2D eigenvalue weighted by atomic mass is 16.6. The zero-order chi connectivity index (χ0) is 15.9. The van der Waals surface area contributed by atoms with Gasteiger partial charge in [-0.15, -0.1) is 0 Å². The van der Waals surface area contributed by atoms with Crippen molar-refractivity contribution in [2.24, 2.45) is 0 Å². The van der Waals surface area contributed by atoms with Gasteiger partial charge in [-0.3, -0.25) is 4.79 Å². The van der Waals surface area contributed by atoms with Crippen LogP contribution in [0.3, 0.4) is 0 Å². The van der Waals surface area contributed by atoms with Crippen molar-refractivity contribution in [3.05, 3.63) is 17.5 Å². The summed E-state index contributed by atoms with van der Waals surface area (Å²) in [5, 5.41) is 3.81. The molecule has 0 radical (unpaired) electrons. The maximum Gasteiger partial charge on any atom is 0.335 e. The molecule has 2 aliphatic heterocycles. The summed E-state index contributed by atoms with van der Waals surface area (Å²) in [4.78, 5) is 26.2. The molecule has 22 heavy (non-hydrogen) atoms. The van der Waals surface area contributed by atoms with Crippen LogP contribution in [0.1, 0.15) is 42.4 Å². The first-order valence-corrected chi connectivity index (χ1v) is 7.50. The lowest BCUT2D eigenvalue weighted by atomic mass is 9.92. The molecule has 0 N–H and O–H groups in total. The molecule has 1 aromatic heterocycles. The summed E-state index contributed by atoms with van der Waals surface area (Å²) in [5.74, 6) is 0.0413. The van der Waals surface area contributed by atoms with Crippen LogP contribution in [-0.2, 0) is 14.3 Å². The summed E-state index contributed by atoms with van der Waals surface area (Å²) < 4.78 is 15.5. The minimum atomic E-state index is -0.598. The van der Waals surface area contributed by atoms with Gasteiger partial charge in [-0.25, -0.2) is 4.79 Å². The van der Waals surface area contributed by atoms with E-state index in [1.54, 1.807) is 17.9 Å². The van der Waals surface area contributed by atoms with Crippen molar-refractivity contribution < 1.29 is 23.6 Å². The first-order valence-electron chi connectivity index (χ1n) is 7.50. The van der Waals surface area contributed by atoms with Crippen LogP contribution in [0.2, 0.25) is 0 Å². The summed E-state index contributed by atoms with van der Waals surface area (Å²) in [6.45, 7) is 3.75. The Morgan fingerprint density at radius 1 is 1.41 bits per heavy atom. The Morgan fingerprint density at radius 2 is 2.18 bits per heavy atom. The van der Waals surface area contributed by atoms with Gasteiger partial charge in [-0.2, -0.15) is 0 Å². The molecule has 7 nitrogen and oxygen atoms in total. The largest absolute Gasteiger partial charge is 0.467 e. The predicted octanol–water partition coefficient (Wildman–Crippen LogP) is 1.31. The average molecular weight is 308 g/mol. The van der Waals surface area contributed by atoms with Gasteiger partial charge < -0.3 is 18.9 Å². The second-order valence-electron chi connectivity index (χ2n) is 5.95. The fraction of sp³-hybridized carbons (Fsp3) is 0.667. The number of likely N-dealkylation sites (tertiary alicyclic amines) is 1. The van der Waals surface area contributed by atoms with E-state index in [1.165, 1.54) is 7.11 Å². The van der Waals surface area contributed by atoms with Crippen molar-refractivity contribution >= 4 is 11.9 Å². The Hall–Kier alpha value is -1.89. The van der Waals surface area contributed by atoms with Gasteiger partial charge in [0, 0.05) is 18.5 Å². The third-order valence-electron chi connectivity index (χ3n) is 4.47. The number of aryl methyl sites for hydroxylation is 1. The highest BCUT2D eigenvalue weighted by Gasteiger charge is 2.48. The molecule has 120 valence electrons. The van der Waals surface area contributed by atoms with Crippen molar-refractivity contribution in [2.75, 3.05) is 7.11 Å². The standard InChI is InChI=1S/C15H20N2O5/c1-8-4-5-12-11(7-13(21-12)15(19)20-3)17(8)14(18)10-6-9(2)22-16-10/h6,8,11-13H,4-5,7H2,1-3H3/t8-,11-,12-,13+/m1/s1. The zero-order valence-electron chi connectivity index (χ0n) is 12.9. The SMILES string of the molecule is COC(=O)[C@@H]1C[C@@H]2[C@@H](CC[C@@H](C)N2C(=O)c2cc(C)on2)O1. The molecule has 3 rings (SSSR count). The summed E-state index contributed by atoms with van der Waals surface area (Å²) >= 11 is 0. The molecule has 0 bridgehead atoms. The molecule has 2 fully saturated rings. The van der Waals surface area contributed by atoms with Crippen LogP contribution in [0, 0.1) is 6.92 Å². The molecule has 0 spiro atoms. The summed E-state index contributed by atoms with van der Waals surface area (Å²) in [6, 6.07) is 1.58. The van der Waals surface area contributed by atoms with Gasteiger partial charge in [0.15, 0.2) is 11.8 Å². The Morgan fingerprint density at radius 3 is 2.82 bits per heavy atom. The lowest BCUT2D eigenvalue weighted by molar-refractivity contribution is -0.153. The first kappa shape index (κ1) is 15.0. The fourth-order valence-electron chi connectivity index (χ4n) is 3.39. The minimum absolute atomic E-state index is 0.0748. The summed E-state index contributed by atoms with van der Waals surface area (Å²) in [7, 11) is 1.34. The first-order chi connectivity index (χ1) is 10.5. The maximum absolute atomic E-state index is 12.7. The number of hydrogen-bond donors (Lipinski definition) is 0. The van der Waals surface area contributed by atoms with Crippen molar-refractivity contribution in [3.63, 3.8) is 0 Å². The number of methoxy groups -OCH3 is 1. The number of rotatable bonds is 2. The number of hydrogen-bond acceptors (Lipinski definition) is 6. The Kier molecular flexibility index (Phi) is 3.90. The van der Waals surface area contributed by atoms with Crippen LogP contribution < -0.4 is 0 Å². The van der Waals surface area contributed by atoms with Crippen LogP contribution in [0.15, 0.2) is 10.6 Å². The Bertz CT molecular complexity index is 584. The van der Waals surface area contributed by atoms with Gasteiger partial charge in [0.2, 0.25) is 0 Å². The van der Waals surface area contributed by atoms with E-state index < -0.39 is 6.10 Å². The second kappa shape index (κ2) is 5.72. The number of nitrogens with zero attached hydrogens (tertiary/aromatic N) is 2. The van der Waals surface area contributed by atoms with Gasteiger partial charge in [-0.1, -0.05) is 5.16 Å². The number of piperidine rings is 1. The molecule has 0 unspecified atom stereocenters. The molecule has 2 aliphatic rings. The van der Waals surface area contributed by atoms with Crippen LogP contribution >= 0.6 is 0 Å². The van der Waals surface area contributed by atoms with E-state index in [0.717, 1.165) is 12.8 Å². The Labute approximate surface area is 128 Å². The maximum atomic E-state index is 12.7. The molecular formula is C15H20N2O5. The fourth-order valence-corrected chi connectivity index (χ4v) is 3.39. The summed E-state index contributed by atoms with van der Waals surface area (Å²) in [6.07, 6.45) is 1.40. The zero-order valence-corrected chi connectivity index (χ0v) is 12.9. The minimum Gasteiger partial charge on any atom is -0.467 e. The molecular weight excluding hydrogens is 288 g/mol. The predicted molar refractivity (Wildman–Crippen MR) is 75.2 cm³/mol. The smallest absolute Gasteiger partial charge is 0.335 e. The van der Waals surface area contributed by atoms with Gasteiger partial charge in [-0.05, 0) is 26.7 Å². The van der Waals surface area contributed by atoms with Gasteiger partial charge >= 0.3 is 5.97 Å². The third-order valence-corrected chi connectivity index (χ3v) is 4.47. The lowest BCUT2D eigenvalue weighted by Crippen LogP contribution is -2.53. The Balaban J connectivity index is 1.82. The number of ether oxygens (including phenoxy) is 2. The van der Waals surface area contributed by atoms with Crippen LogP contribution in [0.5, 0.6) is 0 Å². The number of carbonyl (C=O) groups excluding carboxylic acids is 2. The van der Waals surface area contributed by atoms with Crippen LogP contribution in [0.4, 0.5) is 0 Å². The molecule has 4 atom stereocenters. The van der Waals surface area contributed by atoms with E-state index in [4.69, 9.17) is 14.0 Å². The highest BCUT2D eigenvalue weighted by Crippen LogP contribution is 2.36. The third kappa shape index (κ3) is 2.49. The molecule has 0 saturated carbocycles. The van der Waals surface area contributed by atoms with Crippen LogP contribution in [0.25, 0.3) is 0 Å². The van der Waals surface area contributed by atoms with Crippen molar-refractivity contribution in [3.8, 4) is 0 Å². The van der Waals surface area contributed by atoms with E-state index in [0.29, 0.717) is 17.9 Å². The van der Waals surface area contributed by atoms with E-state index >= 15 is 0 Å². The molecule has 0 aromatic carbocycles. The number of aromatic nitrogens is 1. The topological polar surface area (TPSA) is 81.9 Å². The second-order valence-corrected chi connectivity index (χ2v) is 5.95. The molecule has 1 amide bonds. The van der Waals surface area contributed by atoms with Gasteiger partial charge in [0.05, 0.1) is 19.3 Å². The van der Waals surface area contributed by atoms with Crippen molar-refractivity contribution in [2.45, 2.75) is 57.4 Å². The number of amides is 1. The monoisotopic (exact) mass is 308 g/mol.